The number of hydrogen-bond donors (Lipinski definition) is 0. The Bertz CT molecular complexity index is 791. The van der Waals surface area contributed by atoms with Crippen LogP contribution >= 0.6 is 0 Å². The van der Waals surface area contributed by atoms with Gasteiger partial charge in [0.1, 0.15) is 12.4 Å². The van der Waals surface area contributed by atoms with Crippen LogP contribution in [0.2, 0.25) is 0 Å². The summed E-state index contributed by atoms with van der Waals surface area (Å²) in [6.45, 7) is 0.499. The molecule has 0 aliphatic rings. The Morgan fingerprint density at radius 2 is 1.85 bits per heavy atom. The lowest BCUT2D eigenvalue weighted by Crippen LogP contribution is -2.05. The molecule has 3 nitrogen and oxygen atoms in total. The number of nitrogens with zero attached hydrogens (tertiary/aromatic N) is 1. The summed E-state index contributed by atoms with van der Waals surface area (Å²) in [6.07, 6.45) is 1.77. The van der Waals surface area contributed by atoms with E-state index in [2.05, 4.69) is 0 Å². The lowest BCUT2D eigenvalue weighted by Gasteiger charge is -2.09. The second-order valence-electron chi connectivity index (χ2n) is 4.74. The van der Waals surface area contributed by atoms with Crippen molar-refractivity contribution in [2.45, 2.75) is 6.61 Å². The van der Waals surface area contributed by atoms with Gasteiger partial charge >= 0.3 is 0 Å². The summed E-state index contributed by atoms with van der Waals surface area (Å²) in [6, 6.07) is 17.2. The fourth-order valence-electron chi connectivity index (χ4n) is 2.20. The maximum atomic E-state index is 11.9. The number of aromatic nitrogens is 1. The third-order valence-electron chi connectivity index (χ3n) is 3.31. The fourth-order valence-corrected chi connectivity index (χ4v) is 2.20. The second kappa shape index (κ2) is 5.21. The first-order valence-corrected chi connectivity index (χ1v) is 6.50. The van der Waals surface area contributed by atoms with Crippen molar-refractivity contribution in [3.05, 3.63) is 76.6 Å². The molecule has 3 heteroatoms. The summed E-state index contributed by atoms with van der Waals surface area (Å²) in [5, 5.41) is 0.681. The standard InChI is InChI=1S/C17H15NO2/c1-18-10-9-17(19)15-11-14(7-8-16(15)18)20-12-13-5-3-2-4-6-13/h2-11H,12H2,1H3. The summed E-state index contributed by atoms with van der Waals surface area (Å²) in [4.78, 5) is 11.9. The highest BCUT2D eigenvalue weighted by molar-refractivity contribution is 5.80. The molecule has 0 spiro atoms. The van der Waals surface area contributed by atoms with Gasteiger partial charge in [-0.25, -0.2) is 0 Å². The zero-order valence-electron chi connectivity index (χ0n) is 11.2. The van der Waals surface area contributed by atoms with E-state index in [-0.39, 0.29) is 5.43 Å². The summed E-state index contributed by atoms with van der Waals surface area (Å²) < 4.78 is 7.68. The molecule has 20 heavy (non-hydrogen) atoms. The van der Waals surface area contributed by atoms with Gasteiger partial charge in [-0.1, -0.05) is 30.3 Å². The first-order valence-electron chi connectivity index (χ1n) is 6.50. The van der Waals surface area contributed by atoms with Gasteiger partial charge in [0.05, 0.1) is 5.52 Å². The van der Waals surface area contributed by atoms with Crippen LogP contribution in [0, 0.1) is 0 Å². The van der Waals surface area contributed by atoms with Crippen LogP contribution in [0.1, 0.15) is 5.56 Å². The molecular weight excluding hydrogens is 250 g/mol. The molecule has 0 aliphatic heterocycles. The lowest BCUT2D eigenvalue weighted by atomic mass is 10.2. The number of benzene rings is 2. The van der Waals surface area contributed by atoms with E-state index in [0.29, 0.717) is 17.7 Å². The minimum absolute atomic E-state index is 0.0169. The monoisotopic (exact) mass is 265 g/mol. The molecule has 0 amide bonds. The molecule has 3 rings (SSSR count). The average Bonchev–Trinajstić information content (AvgIpc) is 2.50. The van der Waals surface area contributed by atoms with Crippen LogP contribution in [0.4, 0.5) is 0 Å². The number of rotatable bonds is 3. The third kappa shape index (κ3) is 2.43. The Kier molecular flexibility index (Phi) is 3.25. The van der Waals surface area contributed by atoms with E-state index in [9.17, 15) is 4.79 Å². The summed E-state index contributed by atoms with van der Waals surface area (Å²) in [5.41, 5.74) is 2.03. The number of fused-ring (bicyclic) bond motifs is 1. The lowest BCUT2D eigenvalue weighted by molar-refractivity contribution is 0.306. The van der Waals surface area contributed by atoms with E-state index in [1.54, 1.807) is 18.3 Å². The Hall–Kier alpha value is -2.55. The van der Waals surface area contributed by atoms with Gasteiger partial charge in [0, 0.05) is 24.7 Å². The average molecular weight is 265 g/mol. The number of pyridine rings is 1. The Morgan fingerprint density at radius 3 is 2.65 bits per heavy atom. The van der Waals surface area contributed by atoms with Gasteiger partial charge in [0.15, 0.2) is 5.43 Å². The van der Waals surface area contributed by atoms with Crippen LogP contribution in [0.25, 0.3) is 10.9 Å². The molecule has 3 aromatic rings. The molecule has 0 bridgehead atoms. The summed E-state index contributed by atoms with van der Waals surface area (Å²) in [7, 11) is 1.92. The smallest absolute Gasteiger partial charge is 0.189 e. The minimum atomic E-state index is 0.0169. The predicted octanol–water partition coefficient (Wildman–Crippen LogP) is 3.12. The van der Waals surface area contributed by atoms with Crippen LogP contribution in [0.15, 0.2) is 65.6 Å². The van der Waals surface area contributed by atoms with Crippen molar-refractivity contribution in [3.63, 3.8) is 0 Å². The highest BCUT2D eigenvalue weighted by Crippen LogP contribution is 2.18. The van der Waals surface area contributed by atoms with E-state index in [0.717, 1.165) is 11.1 Å². The molecular formula is C17H15NO2. The molecule has 100 valence electrons. The zero-order valence-corrected chi connectivity index (χ0v) is 11.2. The van der Waals surface area contributed by atoms with Crippen LogP contribution < -0.4 is 10.2 Å². The topological polar surface area (TPSA) is 31.2 Å². The third-order valence-corrected chi connectivity index (χ3v) is 3.31. The molecule has 0 radical (unpaired) electrons. The van der Waals surface area contributed by atoms with Gasteiger partial charge in [-0.2, -0.15) is 0 Å². The maximum absolute atomic E-state index is 11.9. The van der Waals surface area contributed by atoms with Crippen LogP contribution in [-0.2, 0) is 13.7 Å². The van der Waals surface area contributed by atoms with E-state index >= 15 is 0 Å². The van der Waals surface area contributed by atoms with Gasteiger partial charge in [-0.3, -0.25) is 4.79 Å². The molecule has 1 aromatic heterocycles. The minimum Gasteiger partial charge on any atom is -0.489 e. The van der Waals surface area contributed by atoms with Gasteiger partial charge in [-0.15, -0.1) is 0 Å². The van der Waals surface area contributed by atoms with Gasteiger partial charge in [0.2, 0.25) is 0 Å². The van der Waals surface area contributed by atoms with Gasteiger partial charge in [0.25, 0.3) is 0 Å². The second-order valence-corrected chi connectivity index (χ2v) is 4.74. The summed E-state index contributed by atoms with van der Waals surface area (Å²) in [5.74, 6) is 0.713. The van der Waals surface area contributed by atoms with Gasteiger partial charge < -0.3 is 9.30 Å². The predicted molar refractivity (Wildman–Crippen MR) is 80.0 cm³/mol. The Morgan fingerprint density at radius 1 is 1.05 bits per heavy atom. The van der Waals surface area contributed by atoms with Crippen molar-refractivity contribution in [2.24, 2.45) is 7.05 Å². The van der Waals surface area contributed by atoms with Crippen molar-refractivity contribution < 1.29 is 4.74 Å². The van der Waals surface area contributed by atoms with Crippen molar-refractivity contribution in [3.8, 4) is 5.75 Å². The Balaban J connectivity index is 1.90. The molecule has 0 N–H and O–H groups in total. The van der Waals surface area contributed by atoms with Crippen LogP contribution in [0.5, 0.6) is 5.75 Å². The summed E-state index contributed by atoms with van der Waals surface area (Å²) >= 11 is 0. The van der Waals surface area contributed by atoms with Crippen molar-refractivity contribution >= 4 is 10.9 Å². The van der Waals surface area contributed by atoms with E-state index in [4.69, 9.17) is 4.74 Å². The molecule has 0 fully saturated rings. The number of aryl methyl sites for hydroxylation is 1. The van der Waals surface area contributed by atoms with E-state index < -0.39 is 0 Å². The number of ether oxygens (including phenoxy) is 1. The van der Waals surface area contributed by atoms with Crippen molar-refractivity contribution in [1.82, 2.24) is 4.57 Å². The van der Waals surface area contributed by atoms with Crippen LogP contribution in [-0.4, -0.2) is 4.57 Å². The molecule has 0 saturated heterocycles. The molecule has 1 heterocycles. The largest absolute Gasteiger partial charge is 0.489 e. The van der Waals surface area contributed by atoms with E-state index in [1.807, 2.05) is 54.1 Å². The van der Waals surface area contributed by atoms with Crippen LogP contribution in [0.3, 0.4) is 0 Å². The van der Waals surface area contributed by atoms with Crippen molar-refractivity contribution in [2.75, 3.05) is 0 Å². The molecule has 2 aromatic carbocycles. The van der Waals surface area contributed by atoms with E-state index in [1.165, 1.54) is 0 Å². The highest BCUT2D eigenvalue weighted by Gasteiger charge is 2.03. The molecule has 0 unspecified atom stereocenters. The molecule has 0 saturated carbocycles. The highest BCUT2D eigenvalue weighted by atomic mass is 16.5. The first-order chi connectivity index (χ1) is 9.74. The molecule has 0 aliphatic carbocycles. The normalized spacial score (nSPS) is 10.7. The quantitative estimate of drug-likeness (QED) is 0.728. The maximum Gasteiger partial charge on any atom is 0.189 e. The SMILES string of the molecule is Cn1ccc(=O)c2cc(OCc3ccccc3)ccc21. The van der Waals surface area contributed by atoms with Crippen molar-refractivity contribution in [1.29, 1.82) is 0 Å². The number of hydrogen-bond acceptors (Lipinski definition) is 2. The zero-order chi connectivity index (χ0) is 13.9. The molecule has 0 atom stereocenters. The first kappa shape index (κ1) is 12.5. The Labute approximate surface area is 117 Å². The fraction of sp³-hybridized carbons (Fsp3) is 0.118. The van der Waals surface area contributed by atoms with Gasteiger partial charge in [-0.05, 0) is 23.8 Å².